The number of nitro benzene ring substituents is 1. The van der Waals surface area contributed by atoms with Gasteiger partial charge in [0.1, 0.15) is 0 Å². The number of non-ortho nitro benzene ring substituents is 1. The van der Waals surface area contributed by atoms with Gasteiger partial charge in [-0.3, -0.25) is 14.9 Å². The summed E-state index contributed by atoms with van der Waals surface area (Å²) in [5.41, 5.74) is 3.18. The van der Waals surface area contributed by atoms with Crippen LogP contribution in [-0.2, 0) is 4.79 Å². The number of nitrogens with zero attached hydrogens (tertiary/aromatic N) is 2. The van der Waals surface area contributed by atoms with Crippen LogP contribution in [0.3, 0.4) is 0 Å². The summed E-state index contributed by atoms with van der Waals surface area (Å²) in [5.74, 6) is -0.107. The Labute approximate surface area is 124 Å². The van der Waals surface area contributed by atoms with Gasteiger partial charge in [0.25, 0.3) is 5.69 Å². The maximum Gasteiger partial charge on any atom is 0.269 e. The molecular formula is C15H21N3O3. The zero-order valence-corrected chi connectivity index (χ0v) is 12.2. The van der Waals surface area contributed by atoms with Crippen LogP contribution in [0.5, 0.6) is 0 Å². The second-order valence-corrected chi connectivity index (χ2v) is 4.81. The number of nitro groups is 1. The third kappa shape index (κ3) is 7.20. The van der Waals surface area contributed by atoms with E-state index >= 15 is 0 Å². The number of carbonyl (C=O) groups is 1. The number of benzene rings is 1. The van der Waals surface area contributed by atoms with Crippen LogP contribution in [0.25, 0.3) is 0 Å². The van der Waals surface area contributed by atoms with Gasteiger partial charge in [0.15, 0.2) is 0 Å². The first-order chi connectivity index (χ1) is 10.1. The van der Waals surface area contributed by atoms with E-state index in [9.17, 15) is 14.9 Å². The summed E-state index contributed by atoms with van der Waals surface area (Å²) >= 11 is 0. The fraction of sp³-hybridized carbons (Fsp3) is 0.467. The van der Waals surface area contributed by atoms with Gasteiger partial charge >= 0.3 is 0 Å². The summed E-state index contributed by atoms with van der Waals surface area (Å²) in [6.07, 6.45) is 7.44. The molecule has 0 aromatic heterocycles. The first-order valence-electron chi connectivity index (χ1n) is 7.20. The molecule has 0 saturated heterocycles. The van der Waals surface area contributed by atoms with Crippen LogP contribution in [0, 0.1) is 10.1 Å². The summed E-state index contributed by atoms with van der Waals surface area (Å²) < 4.78 is 0. The van der Waals surface area contributed by atoms with Crippen LogP contribution in [-0.4, -0.2) is 17.0 Å². The van der Waals surface area contributed by atoms with E-state index in [-0.39, 0.29) is 11.6 Å². The Kier molecular flexibility index (Phi) is 7.71. The number of unbranched alkanes of at least 4 members (excludes halogenated alkanes) is 4. The van der Waals surface area contributed by atoms with Crippen LogP contribution in [0.15, 0.2) is 29.4 Å². The smallest absolute Gasteiger partial charge is 0.269 e. The predicted molar refractivity (Wildman–Crippen MR) is 82.2 cm³/mol. The third-order valence-electron chi connectivity index (χ3n) is 3.01. The highest BCUT2D eigenvalue weighted by molar-refractivity contribution is 5.82. The average molecular weight is 291 g/mol. The molecule has 0 heterocycles. The highest BCUT2D eigenvalue weighted by atomic mass is 16.6. The highest BCUT2D eigenvalue weighted by Crippen LogP contribution is 2.10. The lowest BCUT2D eigenvalue weighted by Gasteiger charge is -2.00. The van der Waals surface area contributed by atoms with E-state index in [0.717, 1.165) is 19.3 Å². The van der Waals surface area contributed by atoms with E-state index in [2.05, 4.69) is 17.5 Å². The molecule has 0 atom stereocenters. The van der Waals surface area contributed by atoms with Gasteiger partial charge in [0, 0.05) is 18.6 Å². The lowest BCUT2D eigenvalue weighted by Crippen LogP contribution is -2.16. The molecule has 1 amide bonds. The fourth-order valence-corrected chi connectivity index (χ4v) is 1.81. The Bertz CT molecular complexity index is 483. The maximum absolute atomic E-state index is 11.5. The average Bonchev–Trinajstić information content (AvgIpc) is 2.47. The molecule has 0 bridgehead atoms. The lowest BCUT2D eigenvalue weighted by atomic mass is 10.1. The predicted octanol–water partition coefficient (Wildman–Crippen LogP) is 3.41. The van der Waals surface area contributed by atoms with Crippen LogP contribution in [0.2, 0.25) is 0 Å². The molecule has 114 valence electrons. The van der Waals surface area contributed by atoms with E-state index in [1.165, 1.54) is 31.2 Å². The van der Waals surface area contributed by atoms with Crippen LogP contribution < -0.4 is 5.43 Å². The van der Waals surface area contributed by atoms with Crippen molar-refractivity contribution in [3.8, 4) is 0 Å². The van der Waals surface area contributed by atoms with E-state index in [0.29, 0.717) is 12.0 Å². The van der Waals surface area contributed by atoms with Crippen molar-refractivity contribution in [2.24, 2.45) is 5.10 Å². The monoisotopic (exact) mass is 291 g/mol. The number of hydrazone groups is 1. The Morgan fingerprint density at radius 2 is 1.90 bits per heavy atom. The van der Waals surface area contributed by atoms with Gasteiger partial charge in [-0.15, -0.1) is 0 Å². The summed E-state index contributed by atoms with van der Waals surface area (Å²) in [6, 6.07) is 5.96. The first-order valence-corrected chi connectivity index (χ1v) is 7.20. The SMILES string of the molecule is CCCCCCCC(=O)N/N=C\c1ccc([N+](=O)[O-])cc1. The lowest BCUT2D eigenvalue weighted by molar-refractivity contribution is -0.384. The Hall–Kier alpha value is -2.24. The van der Waals surface area contributed by atoms with Crippen molar-refractivity contribution in [2.45, 2.75) is 45.4 Å². The second kappa shape index (κ2) is 9.63. The van der Waals surface area contributed by atoms with Gasteiger partial charge in [-0.25, -0.2) is 5.43 Å². The summed E-state index contributed by atoms with van der Waals surface area (Å²) in [4.78, 5) is 21.5. The second-order valence-electron chi connectivity index (χ2n) is 4.81. The maximum atomic E-state index is 11.5. The minimum absolute atomic E-state index is 0.0308. The van der Waals surface area contributed by atoms with Gasteiger partial charge in [-0.1, -0.05) is 32.6 Å². The minimum Gasteiger partial charge on any atom is -0.273 e. The zero-order chi connectivity index (χ0) is 15.5. The Morgan fingerprint density at radius 3 is 2.52 bits per heavy atom. The number of rotatable bonds is 9. The molecule has 21 heavy (non-hydrogen) atoms. The molecule has 0 aliphatic heterocycles. The number of hydrogen-bond donors (Lipinski definition) is 1. The molecule has 1 N–H and O–H groups in total. The van der Waals surface area contributed by atoms with Gasteiger partial charge in [0.05, 0.1) is 11.1 Å². The molecule has 6 nitrogen and oxygen atoms in total. The van der Waals surface area contributed by atoms with E-state index in [1.807, 2.05) is 0 Å². The largest absolute Gasteiger partial charge is 0.273 e. The number of carbonyl (C=O) groups excluding carboxylic acids is 1. The molecule has 1 aromatic carbocycles. The van der Waals surface area contributed by atoms with Crippen molar-refractivity contribution in [3.63, 3.8) is 0 Å². The molecule has 0 aliphatic rings. The van der Waals surface area contributed by atoms with Crippen LogP contribution in [0.1, 0.15) is 51.0 Å². The van der Waals surface area contributed by atoms with Gasteiger partial charge in [0.2, 0.25) is 5.91 Å². The molecule has 0 saturated carbocycles. The first kappa shape index (κ1) is 16.8. The number of hydrogen-bond acceptors (Lipinski definition) is 4. The molecule has 0 unspecified atom stereocenters. The summed E-state index contributed by atoms with van der Waals surface area (Å²) in [6.45, 7) is 2.15. The molecule has 1 aromatic rings. The van der Waals surface area contributed by atoms with Crippen molar-refractivity contribution in [3.05, 3.63) is 39.9 Å². The number of amides is 1. The molecule has 0 aliphatic carbocycles. The van der Waals surface area contributed by atoms with E-state index < -0.39 is 4.92 Å². The molecule has 0 radical (unpaired) electrons. The third-order valence-corrected chi connectivity index (χ3v) is 3.01. The number of nitrogens with one attached hydrogen (secondary N) is 1. The van der Waals surface area contributed by atoms with Crippen molar-refractivity contribution in [2.75, 3.05) is 0 Å². The van der Waals surface area contributed by atoms with Gasteiger partial charge in [-0.05, 0) is 24.1 Å². The van der Waals surface area contributed by atoms with E-state index in [4.69, 9.17) is 0 Å². The van der Waals surface area contributed by atoms with Gasteiger partial charge in [-0.2, -0.15) is 5.10 Å². The molecule has 0 spiro atoms. The Morgan fingerprint density at radius 1 is 1.24 bits per heavy atom. The molecule has 0 fully saturated rings. The Balaban J connectivity index is 2.27. The van der Waals surface area contributed by atoms with Crippen LogP contribution >= 0.6 is 0 Å². The molecule has 6 heteroatoms. The van der Waals surface area contributed by atoms with E-state index in [1.54, 1.807) is 12.1 Å². The topological polar surface area (TPSA) is 84.6 Å². The summed E-state index contributed by atoms with van der Waals surface area (Å²) in [5, 5.41) is 14.3. The van der Waals surface area contributed by atoms with Gasteiger partial charge < -0.3 is 0 Å². The fourth-order valence-electron chi connectivity index (χ4n) is 1.81. The molecular weight excluding hydrogens is 270 g/mol. The van der Waals surface area contributed by atoms with Crippen molar-refractivity contribution in [1.29, 1.82) is 0 Å². The molecule has 1 rings (SSSR count). The van der Waals surface area contributed by atoms with Crippen LogP contribution in [0.4, 0.5) is 5.69 Å². The van der Waals surface area contributed by atoms with Crippen molar-refractivity contribution < 1.29 is 9.72 Å². The quantitative estimate of drug-likeness (QED) is 0.327. The minimum atomic E-state index is -0.457. The standard InChI is InChI=1S/C15H21N3O3/c1-2-3-4-5-6-7-15(19)17-16-12-13-8-10-14(11-9-13)18(20)21/h8-12H,2-7H2,1H3,(H,17,19)/b16-12-. The summed E-state index contributed by atoms with van der Waals surface area (Å²) in [7, 11) is 0. The zero-order valence-electron chi connectivity index (χ0n) is 12.2. The normalized spacial score (nSPS) is 10.7. The highest BCUT2D eigenvalue weighted by Gasteiger charge is 2.02. The van der Waals surface area contributed by atoms with Crippen molar-refractivity contribution in [1.82, 2.24) is 5.43 Å². The van der Waals surface area contributed by atoms with Crippen molar-refractivity contribution >= 4 is 17.8 Å².